The minimum Gasteiger partial charge on any atom is -0.431 e. The molecule has 0 N–H and O–H groups in total. The summed E-state index contributed by atoms with van der Waals surface area (Å²) in [5, 5.41) is 0. The minimum absolute atomic E-state index is 0. The van der Waals surface area contributed by atoms with E-state index in [2.05, 4.69) is 50.1 Å². The summed E-state index contributed by atoms with van der Waals surface area (Å²) < 4.78 is 0. The van der Waals surface area contributed by atoms with Gasteiger partial charge in [0.25, 0.3) is 0 Å². The fourth-order valence-corrected chi connectivity index (χ4v) is 1.64. The van der Waals surface area contributed by atoms with Crippen LogP contribution >= 0.6 is 0 Å². The Balaban J connectivity index is 0.000000811. The average molecular weight is 403 g/mol. The summed E-state index contributed by atoms with van der Waals surface area (Å²) in [6.45, 7) is 10.8. The third-order valence-corrected chi connectivity index (χ3v) is 3.16. The number of nitrogens with zero attached hydrogens (tertiary/aromatic N) is 1. The molecule has 2 rings (SSSR count). The molecule has 1 radical (unpaired) electrons. The molecular weight excluding hydrogens is 380 g/mol. The van der Waals surface area contributed by atoms with Gasteiger partial charge in [0.05, 0.1) is 0 Å². The van der Waals surface area contributed by atoms with Gasteiger partial charge in [0.15, 0.2) is 0 Å². The van der Waals surface area contributed by atoms with Gasteiger partial charge in [-0.2, -0.15) is 18.2 Å². The molecular formula is C15H22NRe-. The Morgan fingerprint density at radius 2 is 1.88 bits per heavy atom. The maximum atomic E-state index is 3.11. The van der Waals surface area contributed by atoms with E-state index in [-0.39, 0.29) is 25.8 Å². The molecule has 17 heavy (non-hydrogen) atoms. The molecule has 1 nitrogen and oxygen atoms in total. The van der Waals surface area contributed by atoms with Crippen LogP contribution in [-0.4, -0.2) is 4.90 Å². The van der Waals surface area contributed by atoms with E-state index in [0.29, 0.717) is 5.92 Å². The fourth-order valence-electron chi connectivity index (χ4n) is 1.64. The molecule has 0 aromatic heterocycles. The Kier molecular flexibility index (Phi) is 6.75. The summed E-state index contributed by atoms with van der Waals surface area (Å²) in [5.41, 5.74) is 1.40. The van der Waals surface area contributed by atoms with Crippen molar-refractivity contribution < 1.29 is 20.4 Å². The standard InChI is InChI=1S/C13H16N.C2H6.Re/c1-11(2)13(3)7-9-14-8-5-4-6-12(14)10-13;1-2;/h5-11H,1-3H3;1-2H3;/q-1;;. The van der Waals surface area contributed by atoms with Crippen molar-refractivity contribution in [3.8, 4) is 0 Å². The molecule has 0 aromatic carbocycles. The van der Waals surface area contributed by atoms with Crippen molar-refractivity contribution in [3.63, 3.8) is 0 Å². The first-order chi connectivity index (χ1) is 7.62. The van der Waals surface area contributed by atoms with Crippen molar-refractivity contribution in [1.82, 2.24) is 4.90 Å². The summed E-state index contributed by atoms with van der Waals surface area (Å²) >= 11 is 0. The van der Waals surface area contributed by atoms with Gasteiger partial charge in [-0.3, -0.25) is 0 Å². The van der Waals surface area contributed by atoms with Crippen LogP contribution in [0, 0.1) is 17.4 Å². The van der Waals surface area contributed by atoms with E-state index in [0.717, 1.165) is 0 Å². The third-order valence-electron chi connectivity index (χ3n) is 3.16. The fraction of sp³-hybridized carbons (Fsp3) is 0.467. The Bertz CT molecular complexity index is 350. The number of hydrogen-bond acceptors (Lipinski definition) is 1. The second kappa shape index (κ2) is 6.99. The molecule has 1 unspecified atom stereocenters. The Hall–Kier alpha value is -0.578. The topological polar surface area (TPSA) is 3.24 Å². The first-order valence-corrected chi connectivity index (χ1v) is 6.08. The van der Waals surface area contributed by atoms with Gasteiger partial charge in [-0.1, -0.05) is 46.4 Å². The normalized spacial score (nSPS) is 24.6. The molecule has 2 heterocycles. The van der Waals surface area contributed by atoms with Gasteiger partial charge in [-0.05, 0) is 17.5 Å². The van der Waals surface area contributed by atoms with Crippen molar-refractivity contribution in [2.24, 2.45) is 11.3 Å². The van der Waals surface area contributed by atoms with Crippen LogP contribution in [0.1, 0.15) is 34.6 Å². The molecule has 1 atom stereocenters. The van der Waals surface area contributed by atoms with E-state index in [1.165, 1.54) is 5.70 Å². The second-order valence-electron chi connectivity index (χ2n) is 4.44. The van der Waals surface area contributed by atoms with E-state index in [4.69, 9.17) is 0 Å². The summed E-state index contributed by atoms with van der Waals surface area (Å²) in [4.78, 5) is 2.13. The first kappa shape index (κ1) is 16.4. The Morgan fingerprint density at radius 1 is 1.24 bits per heavy atom. The van der Waals surface area contributed by atoms with Crippen LogP contribution in [0.25, 0.3) is 0 Å². The second-order valence-corrected chi connectivity index (χ2v) is 4.44. The van der Waals surface area contributed by atoms with E-state index in [1.54, 1.807) is 0 Å². The maximum Gasteiger partial charge on any atom is 0 e. The molecule has 0 spiro atoms. The summed E-state index contributed by atoms with van der Waals surface area (Å²) in [6, 6.07) is 0. The van der Waals surface area contributed by atoms with E-state index >= 15 is 0 Å². The van der Waals surface area contributed by atoms with Gasteiger partial charge in [-0.25, -0.2) is 0 Å². The summed E-state index contributed by atoms with van der Waals surface area (Å²) in [6.07, 6.45) is 15.8. The van der Waals surface area contributed by atoms with Crippen LogP contribution in [0.2, 0.25) is 0 Å². The molecule has 0 aliphatic carbocycles. The van der Waals surface area contributed by atoms with Gasteiger partial charge >= 0.3 is 0 Å². The van der Waals surface area contributed by atoms with Crippen molar-refractivity contribution in [2.45, 2.75) is 34.6 Å². The molecule has 0 bridgehead atoms. The smallest absolute Gasteiger partial charge is 0 e. The molecule has 2 aliphatic heterocycles. The van der Waals surface area contributed by atoms with Crippen molar-refractivity contribution in [3.05, 3.63) is 48.5 Å². The van der Waals surface area contributed by atoms with Gasteiger partial charge in [0, 0.05) is 20.4 Å². The van der Waals surface area contributed by atoms with E-state index < -0.39 is 0 Å². The predicted octanol–water partition coefficient (Wildman–Crippen LogP) is 4.27. The quantitative estimate of drug-likeness (QED) is 0.592. The molecule has 0 aromatic rings. The number of allylic oxidation sites excluding steroid dienone is 5. The van der Waals surface area contributed by atoms with E-state index in [9.17, 15) is 0 Å². The van der Waals surface area contributed by atoms with Gasteiger partial charge in [0.1, 0.15) is 0 Å². The molecule has 0 saturated carbocycles. The first-order valence-electron chi connectivity index (χ1n) is 6.08. The number of rotatable bonds is 1. The minimum atomic E-state index is 0. The van der Waals surface area contributed by atoms with Gasteiger partial charge in [0.2, 0.25) is 0 Å². The molecule has 0 saturated heterocycles. The largest absolute Gasteiger partial charge is 0.431 e. The van der Waals surface area contributed by atoms with Crippen LogP contribution in [-0.2, 0) is 20.4 Å². The van der Waals surface area contributed by atoms with Crippen LogP contribution in [0.15, 0.2) is 42.4 Å². The van der Waals surface area contributed by atoms with Gasteiger partial charge < -0.3 is 4.90 Å². The maximum absolute atomic E-state index is 3.11. The third kappa shape index (κ3) is 3.69. The van der Waals surface area contributed by atoms with Crippen LogP contribution < -0.4 is 0 Å². The predicted molar refractivity (Wildman–Crippen MR) is 70.3 cm³/mol. The summed E-state index contributed by atoms with van der Waals surface area (Å²) in [7, 11) is 0. The monoisotopic (exact) mass is 403 g/mol. The zero-order chi connectivity index (χ0) is 12.2. The zero-order valence-electron chi connectivity index (χ0n) is 11.4. The average Bonchev–Trinajstić information content (AvgIpc) is 2.31. The number of hydrogen-bond donors (Lipinski definition) is 0. The van der Waals surface area contributed by atoms with Crippen LogP contribution in [0.5, 0.6) is 0 Å². The SMILES string of the molecule is CC.CC(C)C1(C)C=CN2C=C[C-]=CC2=C1.[Re]. The Morgan fingerprint density at radius 3 is 2.47 bits per heavy atom. The summed E-state index contributed by atoms with van der Waals surface area (Å²) in [5.74, 6) is 0.618. The molecule has 95 valence electrons. The van der Waals surface area contributed by atoms with Crippen LogP contribution in [0.4, 0.5) is 0 Å². The molecule has 0 fully saturated rings. The Labute approximate surface area is 120 Å². The molecule has 0 amide bonds. The van der Waals surface area contributed by atoms with Crippen molar-refractivity contribution >= 4 is 0 Å². The molecule has 2 aliphatic rings. The van der Waals surface area contributed by atoms with Crippen LogP contribution in [0.3, 0.4) is 0 Å². The van der Waals surface area contributed by atoms with Crippen molar-refractivity contribution in [2.75, 3.05) is 0 Å². The van der Waals surface area contributed by atoms with E-state index in [1.807, 2.05) is 32.2 Å². The number of fused-ring (bicyclic) bond motifs is 1. The van der Waals surface area contributed by atoms with Crippen molar-refractivity contribution in [1.29, 1.82) is 0 Å². The molecule has 2 heteroatoms. The van der Waals surface area contributed by atoms with Gasteiger partial charge in [-0.15, -0.1) is 12.3 Å². The zero-order valence-corrected chi connectivity index (χ0v) is 14.1.